The van der Waals surface area contributed by atoms with Gasteiger partial charge in [-0.2, -0.15) is 0 Å². The van der Waals surface area contributed by atoms with Crippen LogP contribution in [0.5, 0.6) is 0 Å². The first-order valence-electron chi connectivity index (χ1n) is 4.86. The van der Waals surface area contributed by atoms with Gasteiger partial charge in [-0.3, -0.25) is 4.79 Å². The van der Waals surface area contributed by atoms with Crippen molar-refractivity contribution in [1.29, 1.82) is 0 Å². The first-order valence-corrected chi connectivity index (χ1v) is 4.86. The summed E-state index contributed by atoms with van der Waals surface area (Å²) in [7, 11) is 1.96. The van der Waals surface area contributed by atoms with E-state index in [1.807, 2.05) is 43.1 Å². The Bertz CT molecular complexity index is 362. The number of rotatable bonds is 1. The molecule has 1 N–H and O–H groups in total. The van der Waals surface area contributed by atoms with Crippen LogP contribution in [0.3, 0.4) is 0 Å². The fourth-order valence-electron chi connectivity index (χ4n) is 1.91. The number of benzene rings is 1. The number of amides is 1. The Labute approximate surface area is 83.7 Å². The zero-order valence-corrected chi connectivity index (χ0v) is 8.45. The Morgan fingerprint density at radius 2 is 2.14 bits per heavy atom. The largest absolute Gasteiger partial charge is 0.361 e. The molecular formula is C11H14N2O. The molecule has 1 unspecified atom stereocenters. The Morgan fingerprint density at radius 1 is 1.43 bits per heavy atom. The molecule has 1 atom stereocenters. The minimum Gasteiger partial charge on any atom is -0.361 e. The average Bonchev–Trinajstić information content (AvgIpc) is 2.18. The van der Waals surface area contributed by atoms with Crippen LogP contribution in [0.2, 0.25) is 0 Å². The van der Waals surface area contributed by atoms with Crippen molar-refractivity contribution in [1.82, 2.24) is 0 Å². The van der Waals surface area contributed by atoms with Crippen LogP contribution in [-0.4, -0.2) is 19.0 Å². The van der Waals surface area contributed by atoms with Crippen LogP contribution in [0, 0.1) is 0 Å². The molecule has 0 saturated heterocycles. The highest BCUT2D eigenvalue weighted by atomic mass is 16.2. The summed E-state index contributed by atoms with van der Waals surface area (Å²) in [5.74, 6) is 0.0914. The third-order valence-electron chi connectivity index (χ3n) is 2.70. The molecule has 0 aliphatic carbocycles. The van der Waals surface area contributed by atoms with Gasteiger partial charge in [0.15, 0.2) is 0 Å². The number of likely N-dealkylation sites (N-methyl/N-ethyl adjacent to an activating group) is 1. The monoisotopic (exact) mass is 190 g/mol. The summed E-state index contributed by atoms with van der Waals surface area (Å²) in [6.07, 6.45) is 0.830. The first-order chi connectivity index (χ1) is 6.74. The summed E-state index contributed by atoms with van der Waals surface area (Å²) >= 11 is 0. The van der Waals surface area contributed by atoms with Gasteiger partial charge in [-0.15, -0.1) is 0 Å². The number of carbonyl (C=O) groups is 1. The maximum Gasteiger partial charge on any atom is 0.247 e. The van der Waals surface area contributed by atoms with Crippen molar-refractivity contribution < 1.29 is 4.79 Å². The summed E-state index contributed by atoms with van der Waals surface area (Å²) < 4.78 is 0. The van der Waals surface area contributed by atoms with E-state index in [4.69, 9.17) is 0 Å². The SMILES string of the molecule is CCC1C(=O)Nc2ccccc2N1C. The standard InChI is InChI=1S/C11H14N2O/c1-3-9-11(14)12-8-6-4-5-7-10(8)13(9)2/h4-7,9H,3H2,1-2H3,(H,12,14). The molecule has 1 aromatic rings. The molecule has 1 aliphatic heterocycles. The maximum atomic E-state index is 11.6. The van der Waals surface area contributed by atoms with Crippen LogP contribution in [0.25, 0.3) is 0 Å². The first kappa shape index (κ1) is 9.06. The highest BCUT2D eigenvalue weighted by Gasteiger charge is 2.28. The van der Waals surface area contributed by atoms with E-state index in [1.165, 1.54) is 0 Å². The van der Waals surface area contributed by atoms with Gasteiger partial charge in [0.05, 0.1) is 11.4 Å². The Hall–Kier alpha value is -1.51. The zero-order valence-electron chi connectivity index (χ0n) is 8.45. The molecule has 3 nitrogen and oxygen atoms in total. The molecule has 1 amide bonds. The number of anilines is 2. The Morgan fingerprint density at radius 3 is 2.86 bits per heavy atom. The molecule has 0 bridgehead atoms. The molecule has 2 rings (SSSR count). The number of nitrogens with one attached hydrogen (secondary N) is 1. The number of nitrogens with zero attached hydrogens (tertiary/aromatic N) is 1. The highest BCUT2D eigenvalue weighted by Crippen LogP contribution is 2.30. The van der Waals surface area contributed by atoms with Crippen molar-refractivity contribution in [2.24, 2.45) is 0 Å². The van der Waals surface area contributed by atoms with E-state index in [9.17, 15) is 4.79 Å². The van der Waals surface area contributed by atoms with E-state index in [-0.39, 0.29) is 11.9 Å². The predicted octanol–water partition coefficient (Wildman–Crippen LogP) is 1.85. The molecule has 3 heteroatoms. The fourth-order valence-corrected chi connectivity index (χ4v) is 1.91. The molecule has 0 aromatic heterocycles. The molecule has 0 radical (unpaired) electrons. The average molecular weight is 190 g/mol. The van der Waals surface area contributed by atoms with Crippen molar-refractivity contribution in [3.63, 3.8) is 0 Å². The number of para-hydroxylation sites is 2. The van der Waals surface area contributed by atoms with E-state index in [0.29, 0.717) is 0 Å². The van der Waals surface area contributed by atoms with Crippen LogP contribution in [-0.2, 0) is 4.79 Å². The van der Waals surface area contributed by atoms with Gasteiger partial charge < -0.3 is 10.2 Å². The summed E-state index contributed by atoms with van der Waals surface area (Å²) in [5, 5.41) is 2.91. The molecule has 1 heterocycles. The molecule has 1 aliphatic rings. The smallest absolute Gasteiger partial charge is 0.247 e. The Kier molecular flexibility index (Phi) is 2.15. The van der Waals surface area contributed by atoms with Crippen LogP contribution in [0.1, 0.15) is 13.3 Å². The third kappa shape index (κ3) is 1.25. The van der Waals surface area contributed by atoms with E-state index in [1.54, 1.807) is 0 Å². The minimum atomic E-state index is -0.0371. The van der Waals surface area contributed by atoms with Gasteiger partial charge in [-0.05, 0) is 18.6 Å². The van der Waals surface area contributed by atoms with Crippen LogP contribution in [0.15, 0.2) is 24.3 Å². The summed E-state index contributed by atoms with van der Waals surface area (Å²) in [4.78, 5) is 13.7. The van der Waals surface area contributed by atoms with Gasteiger partial charge in [0.25, 0.3) is 0 Å². The van der Waals surface area contributed by atoms with E-state index < -0.39 is 0 Å². The lowest BCUT2D eigenvalue weighted by Gasteiger charge is -2.34. The van der Waals surface area contributed by atoms with E-state index >= 15 is 0 Å². The van der Waals surface area contributed by atoms with Crippen LogP contribution >= 0.6 is 0 Å². The number of fused-ring (bicyclic) bond motifs is 1. The number of hydrogen-bond donors (Lipinski definition) is 1. The number of carbonyl (C=O) groups excluding carboxylic acids is 1. The molecule has 14 heavy (non-hydrogen) atoms. The third-order valence-corrected chi connectivity index (χ3v) is 2.70. The summed E-state index contributed by atoms with van der Waals surface area (Å²) in [6.45, 7) is 2.02. The van der Waals surface area contributed by atoms with Crippen LogP contribution < -0.4 is 10.2 Å². The summed E-state index contributed by atoms with van der Waals surface area (Å²) in [5.41, 5.74) is 2.00. The quantitative estimate of drug-likeness (QED) is 0.733. The molecule has 1 aromatic carbocycles. The van der Waals surface area contributed by atoms with E-state index in [0.717, 1.165) is 17.8 Å². The van der Waals surface area contributed by atoms with Gasteiger partial charge in [0.1, 0.15) is 6.04 Å². The van der Waals surface area contributed by atoms with Crippen molar-refractivity contribution in [3.8, 4) is 0 Å². The van der Waals surface area contributed by atoms with Gasteiger partial charge in [0.2, 0.25) is 5.91 Å². The van der Waals surface area contributed by atoms with Crippen molar-refractivity contribution in [2.75, 3.05) is 17.3 Å². The second kappa shape index (κ2) is 3.33. The molecule has 0 fully saturated rings. The minimum absolute atomic E-state index is 0.0371. The highest BCUT2D eigenvalue weighted by molar-refractivity contribution is 6.03. The second-order valence-electron chi connectivity index (χ2n) is 3.54. The zero-order chi connectivity index (χ0) is 10.1. The maximum absolute atomic E-state index is 11.6. The molecule has 74 valence electrons. The van der Waals surface area contributed by atoms with Crippen molar-refractivity contribution >= 4 is 17.3 Å². The molecular weight excluding hydrogens is 176 g/mol. The molecule has 0 spiro atoms. The topological polar surface area (TPSA) is 32.3 Å². The molecule has 0 saturated carbocycles. The van der Waals surface area contributed by atoms with Crippen LogP contribution in [0.4, 0.5) is 11.4 Å². The van der Waals surface area contributed by atoms with Gasteiger partial charge >= 0.3 is 0 Å². The van der Waals surface area contributed by atoms with E-state index in [2.05, 4.69) is 5.32 Å². The normalized spacial score (nSPS) is 20.3. The predicted molar refractivity (Wildman–Crippen MR) is 57.6 cm³/mol. The lowest BCUT2D eigenvalue weighted by molar-refractivity contribution is -0.117. The number of hydrogen-bond acceptors (Lipinski definition) is 2. The second-order valence-corrected chi connectivity index (χ2v) is 3.54. The van der Waals surface area contributed by atoms with Gasteiger partial charge in [-0.25, -0.2) is 0 Å². The van der Waals surface area contributed by atoms with Gasteiger partial charge in [0, 0.05) is 7.05 Å². The Balaban J connectivity index is 2.43. The summed E-state index contributed by atoms with van der Waals surface area (Å²) in [6, 6.07) is 7.83. The van der Waals surface area contributed by atoms with Gasteiger partial charge in [-0.1, -0.05) is 19.1 Å². The van der Waals surface area contributed by atoms with Crippen molar-refractivity contribution in [3.05, 3.63) is 24.3 Å². The lowest BCUT2D eigenvalue weighted by atomic mass is 10.1. The fraction of sp³-hybridized carbons (Fsp3) is 0.364. The van der Waals surface area contributed by atoms with Crippen molar-refractivity contribution in [2.45, 2.75) is 19.4 Å². The lowest BCUT2D eigenvalue weighted by Crippen LogP contribution is -2.45.